The summed E-state index contributed by atoms with van der Waals surface area (Å²) in [4.78, 5) is 25.1. The van der Waals surface area contributed by atoms with Crippen LogP contribution in [0.25, 0.3) is 11.2 Å². The lowest BCUT2D eigenvalue weighted by Crippen LogP contribution is -2.22. The molecule has 2 saturated carbocycles. The number of hydrogen-bond acceptors (Lipinski definition) is 8. The Morgan fingerprint density at radius 1 is 1.15 bits per heavy atom. The molecule has 2 aromatic rings. The minimum Gasteiger partial charge on any atom is -0.395 e. The molecule has 10 nitrogen and oxygen atoms in total. The number of primary amides is 1. The third kappa shape index (κ3) is 5.43. The Labute approximate surface area is 193 Å². The van der Waals surface area contributed by atoms with E-state index in [2.05, 4.69) is 21.8 Å². The third-order valence-corrected chi connectivity index (χ3v) is 7.00. The molecule has 2 aliphatic rings. The van der Waals surface area contributed by atoms with Gasteiger partial charge in [-0.15, -0.1) is 0 Å². The summed E-state index contributed by atoms with van der Waals surface area (Å²) < 4.78 is 6.95. The van der Waals surface area contributed by atoms with Gasteiger partial charge in [0.1, 0.15) is 5.52 Å². The third-order valence-electron chi connectivity index (χ3n) is 7.00. The molecule has 33 heavy (non-hydrogen) atoms. The summed E-state index contributed by atoms with van der Waals surface area (Å²) in [5.41, 5.74) is 7.33. The van der Waals surface area contributed by atoms with Crippen molar-refractivity contribution >= 4 is 29.1 Å². The van der Waals surface area contributed by atoms with Crippen LogP contribution in [0.4, 0.5) is 10.7 Å². The highest BCUT2D eigenvalue weighted by molar-refractivity contribution is 5.96. The van der Waals surface area contributed by atoms with Gasteiger partial charge in [-0.2, -0.15) is 4.98 Å². The van der Waals surface area contributed by atoms with E-state index in [4.69, 9.17) is 25.8 Å². The van der Waals surface area contributed by atoms with Gasteiger partial charge in [0.05, 0.1) is 12.3 Å². The van der Waals surface area contributed by atoms with Crippen LogP contribution in [0.15, 0.2) is 0 Å². The Balaban J connectivity index is 1.80. The zero-order valence-electron chi connectivity index (χ0n) is 19.3. The molecular formula is C23H35N7O3. The number of hydrogen-bond donors (Lipinski definition) is 4. The van der Waals surface area contributed by atoms with Crippen molar-refractivity contribution in [2.45, 2.75) is 77.2 Å². The van der Waals surface area contributed by atoms with Gasteiger partial charge >= 0.3 is 6.09 Å². The Bertz CT molecular complexity index is 992. The van der Waals surface area contributed by atoms with Crippen LogP contribution in [0, 0.1) is 17.2 Å². The molecule has 0 aromatic carbocycles. The van der Waals surface area contributed by atoms with Crippen LogP contribution in [0.2, 0.25) is 0 Å². The molecule has 5 N–H and O–H groups in total. The van der Waals surface area contributed by atoms with Crippen molar-refractivity contribution < 1.29 is 14.6 Å². The zero-order valence-corrected chi connectivity index (χ0v) is 19.3. The lowest BCUT2D eigenvalue weighted by atomic mass is 9.83. The molecule has 2 aliphatic carbocycles. The Hall–Kier alpha value is -2.75. The number of imidazole rings is 1. The summed E-state index contributed by atoms with van der Waals surface area (Å²) in [5, 5.41) is 20.7. The summed E-state index contributed by atoms with van der Waals surface area (Å²) in [6.07, 6.45) is 9.25. The second-order valence-corrected chi connectivity index (χ2v) is 9.51. The van der Waals surface area contributed by atoms with E-state index in [1.54, 1.807) is 0 Å². The maximum atomic E-state index is 11.2. The number of carbonyl (C=O) groups is 1. The van der Waals surface area contributed by atoms with Crippen molar-refractivity contribution in [1.29, 1.82) is 5.41 Å². The van der Waals surface area contributed by atoms with Gasteiger partial charge in [0.2, 0.25) is 11.8 Å². The highest BCUT2D eigenvalue weighted by Crippen LogP contribution is 2.37. The first-order valence-electron chi connectivity index (χ1n) is 12.1. The summed E-state index contributed by atoms with van der Waals surface area (Å²) in [6.45, 7) is 3.50. The van der Waals surface area contributed by atoms with E-state index in [0.717, 1.165) is 49.4 Å². The second kappa shape index (κ2) is 10.5. The number of rotatable bonds is 7. The van der Waals surface area contributed by atoms with Crippen LogP contribution in [0.5, 0.6) is 0 Å². The van der Waals surface area contributed by atoms with Crippen molar-refractivity contribution in [3.63, 3.8) is 0 Å². The first kappa shape index (κ1) is 23.4. The summed E-state index contributed by atoms with van der Waals surface area (Å²) in [7, 11) is 0. The van der Waals surface area contributed by atoms with Gasteiger partial charge in [-0.05, 0) is 37.5 Å². The molecule has 1 amide bonds. The topological polar surface area (TPSA) is 152 Å². The molecule has 2 fully saturated rings. The van der Waals surface area contributed by atoms with Gasteiger partial charge in [-0.3, -0.25) is 5.41 Å². The first-order valence-corrected chi connectivity index (χ1v) is 12.1. The molecular weight excluding hydrogens is 422 g/mol. The highest BCUT2D eigenvalue weighted by atomic mass is 16.6. The minimum atomic E-state index is -1.06. The Kier molecular flexibility index (Phi) is 7.42. The Morgan fingerprint density at radius 3 is 2.55 bits per heavy atom. The summed E-state index contributed by atoms with van der Waals surface area (Å²) in [6, 6.07) is 0. The number of aliphatic hydroxyl groups excluding tert-OH is 1. The van der Waals surface area contributed by atoms with E-state index in [1.807, 2.05) is 0 Å². The first-order chi connectivity index (χ1) is 16.0. The second-order valence-electron chi connectivity index (χ2n) is 9.51. The van der Waals surface area contributed by atoms with Gasteiger partial charge < -0.3 is 25.5 Å². The lowest BCUT2D eigenvalue weighted by molar-refractivity contribution is 0.207. The van der Waals surface area contributed by atoms with Crippen molar-refractivity contribution in [2.24, 2.45) is 17.6 Å². The van der Waals surface area contributed by atoms with Crippen LogP contribution < -0.4 is 11.1 Å². The number of anilines is 1. The zero-order chi connectivity index (χ0) is 23.4. The smallest absolute Gasteiger partial charge is 0.395 e. The molecule has 0 spiro atoms. The molecule has 2 heterocycles. The van der Waals surface area contributed by atoms with Crippen molar-refractivity contribution in [3.8, 4) is 0 Å². The molecule has 180 valence electrons. The largest absolute Gasteiger partial charge is 0.411 e. The maximum absolute atomic E-state index is 11.2. The van der Waals surface area contributed by atoms with E-state index < -0.39 is 12.0 Å². The molecule has 2 aromatic heterocycles. The van der Waals surface area contributed by atoms with Gasteiger partial charge in [-0.1, -0.05) is 39.0 Å². The van der Waals surface area contributed by atoms with Crippen molar-refractivity contribution in [3.05, 3.63) is 11.5 Å². The number of fused-ring (bicyclic) bond motifs is 1. The molecule has 0 saturated heterocycles. The number of aromatic nitrogens is 4. The SMILES string of the molecule is C[C@H]1CC[C@H](Cn2c(NCCO)nc3nc(C(=N)OC(N)=O)nc(C4CCCCC4)c32)CC1. The van der Waals surface area contributed by atoms with Crippen LogP contribution in [-0.2, 0) is 11.3 Å². The quantitative estimate of drug-likeness (QED) is 0.366. The van der Waals surface area contributed by atoms with Gasteiger partial charge in [0, 0.05) is 19.0 Å². The average molecular weight is 458 g/mol. The lowest BCUT2D eigenvalue weighted by Gasteiger charge is -2.28. The number of carbonyl (C=O) groups excluding carboxylic acids is 1. The van der Waals surface area contributed by atoms with Gasteiger partial charge in [0.25, 0.3) is 5.90 Å². The fraction of sp³-hybridized carbons (Fsp3) is 0.696. The molecule has 10 heteroatoms. The number of nitrogens with one attached hydrogen (secondary N) is 2. The average Bonchev–Trinajstić information content (AvgIpc) is 3.15. The molecule has 0 atom stereocenters. The molecule has 0 bridgehead atoms. The minimum absolute atomic E-state index is 0.00629. The van der Waals surface area contributed by atoms with Crippen molar-refractivity contribution in [1.82, 2.24) is 19.5 Å². The van der Waals surface area contributed by atoms with E-state index in [1.165, 1.54) is 32.1 Å². The highest BCUT2D eigenvalue weighted by Gasteiger charge is 2.28. The molecule has 0 radical (unpaired) electrons. The maximum Gasteiger partial charge on any atom is 0.411 e. The predicted octanol–water partition coefficient (Wildman–Crippen LogP) is 3.53. The number of nitrogens with zero attached hydrogens (tertiary/aromatic N) is 4. The van der Waals surface area contributed by atoms with Crippen LogP contribution in [-0.4, -0.2) is 49.8 Å². The fourth-order valence-electron chi connectivity index (χ4n) is 5.22. The van der Waals surface area contributed by atoms with Gasteiger partial charge in [-0.25, -0.2) is 14.8 Å². The van der Waals surface area contributed by atoms with Crippen LogP contribution in [0.3, 0.4) is 0 Å². The van der Waals surface area contributed by atoms with Gasteiger partial charge in [0.15, 0.2) is 5.65 Å². The van der Waals surface area contributed by atoms with E-state index in [0.29, 0.717) is 24.1 Å². The normalized spacial score (nSPS) is 21.8. The number of nitrogens with two attached hydrogens (primary N) is 1. The monoisotopic (exact) mass is 457 g/mol. The molecule has 0 unspecified atom stereocenters. The number of aliphatic hydroxyl groups is 1. The summed E-state index contributed by atoms with van der Waals surface area (Å²) >= 11 is 0. The van der Waals surface area contributed by atoms with Crippen molar-refractivity contribution in [2.75, 3.05) is 18.5 Å². The fourth-order valence-corrected chi connectivity index (χ4v) is 5.22. The van der Waals surface area contributed by atoms with E-state index in [9.17, 15) is 9.90 Å². The molecule has 0 aliphatic heterocycles. The van der Waals surface area contributed by atoms with E-state index in [-0.39, 0.29) is 18.3 Å². The van der Waals surface area contributed by atoms with Crippen LogP contribution >= 0.6 is 0 Å². The molecule has 4 rings (SSSR count). The standard InChI is InChI=1S/C23H35N7O3/c1-14-7-9-15(10-8-14)13-30-18-17(16-5-3-2-4-6-16)27-21(19(24)33-22(25)32)28-20(18)29-23(30)26-11-12-31/h14-16,24,31H,2-13H2,1H3,(H2,25,32)(H,26,27,28,29)/t14-,15-. The number of ether oxygens (including phenoxy) is 1. The predicted molar refractivity (Wildman–Crippen MR) is 125 cm³/mol. The van der Waals surface area contributed by atoms with E-state index >= 15 is 0 Å². The number of amides is 1. The summed E-state index contributed by atoms with van der Waals surface area (Å²) in [5.74, 6) is 1.76. The van der Waals surface area contributed by atoms with Crippen LogP contribution in [0.1, 0.15) is 82.1 Å². The Morgan fingerprint density at radius 2 is 1.88 bits per heavy atom.